The Hall–Kier alpha value is -3.99. The van der Waals surface area contributed by atoms with Crippen LogP contribution in [0.1, 0.15) is 31.8 Å². The molecular formula is C23H14N2O3. The first-order valence-corrected chi connectivity index (χ1v) is 8.79. The molecule has 28 heavy (non-hydrogen) atoms. The molecule has 0 fully saturated rings. The number of carbonyl (C=O) groups is 2. The van der Waals surface area contributed by atoms with Gasteiger partial charge in [0, 0.05) is 38.6 Å². The van der Waals surface area contributed by atoms with Crippen LogP contribution < -0.4 is 11.4 Å². The van der Waals surface area contributed by atoms with Crippen molar-refractivity contribution in [2.45, 2.75) is 0 Å². The van der Waals surface area contributed by atoms with E-state index >= 15 is 0 Å². The predicted molar refractivity (Wildman–Crippen MR) is 107 cm³/mol. The molecule has 2 N–H and O–H groups in total. The van der Waals surface area contributed by atoms with Gasteiger partial charge in [-0.15, -0.1) is 0 Å². The Morgan fingerprint density at radius 3 is 2.00 bits per heavy atom. The van der Waals surface area contributed by atoms with Crippen LogP contribution in [0.3, 0.4) is 0 Å². The van der Waals surface area contributed by atoms with Gasteiger partial charge in [0.05, 0.1) is 5.69 Å². The van der Waals surface area contributed by atoms with Crippen molar-refractivity contribution >= 4 is 22.3 Å². The van der Waals surface area contributed by atoms with Gasteiger partial charge < -0.3 is 5.84 Å². The van der Waals surface area contributed by atoms with Crippen LogP contribution in [0.5, 0.6) is 0 Å². The number of fused-ring (bicyclic) bond motifs is 4. The lowest BCUT2D eigenvalue weighted by atomic mass is 9.81. The fraction of sp³-hybridized carbons (Fsp3) is 0. The number of nitrogen functional groups attached to an aromatic ring is 1. The van der Waals surface area contributed by atoms with Gasteiger partial charge in [0.2, 0.25) is 0 Å². The van der Waals surface area contributed by atoms with Crippen LogP contribution in [0, 0.1) is 0 Å². The van der Waals surface area contributed by atoms with Crippen LogP contribution in [0.15, 0.2) is 77.6 Å². The Morgan fingerprint density at radius 1 is 0.643 bits per heavy atom. The number of rotatable bonds is 1. The Morgan fingerprint density at radius 2 is 1.29 bits per heavy atom. The Balaban J connectivity index is 1.89. The average Bonchev–Trinajstić information content (AvgIpc) is 2.74. The molecule has 1 aromatic heterocycles. The van der Waals surface area contributed by atoms with E-state index in [2.05, 4.69) is 0 Å². The second-order valence-corrected chi connectivity index (χ2v) is 6.72. The first-order chi connectivity index (χ1) is 13.6. The van der Waals surface area contributed by atoms with E-state index in [0.717, 1.165) is 10.2 Å². The number of nitrogens with two attached hydrogens (primary N) is 1. The first kappa shape index (κ1) is 16.2. The summed E-state index contributed by atoms with van der Waals surface area (Å²) in [5.41, 5.74) is 2.11. The van der Waals surface area contributed by atoms with Crippen molar-refractivity contribution in [2.75, 3.05) is 5.84 Å². The monoisotopic (exact) mass is 366 g/mol. The quantitative estimate of drug-likeness (QED) is 0.462. The van der Waals surface area contributed by atoms with Crippen molar-refractivity contribution < 1.29 is 9.59 Å². The van der Waals surface area contributed by atoms with E-state index in [0.29, 0.717) is 33.2 Å². The van der Waals surface area contributed by atoms with E-state index in [1.54, 1.807) is 36.4 Å². The first-order valence-electron chi connectivity index (χ1n) is 8.79. The molecule has 134 valence electrons. The third-order valence-electron chi connectivity index (χ3n) is 5.19. The topological polar surface area (TPSA) is 82.2 Å². The maximum absolute atomic E-state index is 13.2. The van der Waals surface area contributed by atoms with E-state index in [-0.39, 0.29) is 17.1 Å². The van der Waals surface area contributed by atoms with E-state index in [1.807, 2.05) is 30.3 Å². The van der Waals surface area contributed by atoms with Crippen molar-refractivity contribution in [3.8, 4) is 11.3 Å². The Labute approximate surface area is 159 Å². The Kier molecular flexibility index (Phi) is 3.33. The van der Waals surface area contributed by atoms with Crippen LogP contribution in [0.4, 0.5) is 0 Å². The molecule has 3 aromatic carbocycles. The largest absolute Gasteiger partial charge is 0.336 e. The van der Waals surface area contributed by atoms with E-state index in [4.69, 9.17) is 5.84 Å². The van der Waals surface area contributed by atoms with Crippen LogP contribution in [-0.4, -0.2) is 16.2 Å². The number of hydrogen-bond acceptors (Lipinski definition) is 4. The summed E-state index contributed by atoms with van der Waals surface area (Å²) in [4.78, 5) is 39.0. The second kappa shape index (κ2) is 5.76. The summed E-state index contributed by atoms with van der Waals surface area (Å²) < 4.78 is 1.08. The molecule has 0 aliphatic heterocycles. The number of hydrogen-bond donors (Lipinski definition) is 1. The molecule has 0 spiro atoms. The fourth-order valence-corrected chi connectivity index (χ4v) is 3.83. The highest BCUT2D eigenvalue weighted by Gasteiger charge is 2.31. The zero-order chi connectivity index (χ0) is 19.4. The highest BCUT2D eigenvalue weighted by molar-refractivity contribution is 6.32. The minimum Gasteiger partial charge on any atom is -0.336 e. The maximum Gasteiger partial charge on any atom is 0.277 e. The van der Waals surface area contributed by atoms with E-state index < -0.39 is 5.56 Å². The summed E-state index contributed by atoms with van der Waals surface area (Å²) in [6.07, 6.45) is 0. The molecule has 0 radical (unpaired) electrons. The number of aromatic nitrogens is 1. The molecule has 4 aromatic rings. The van der Waals surface area contributed by atoms with Gasteiger partial charge in [0.1, 0.15) is 0 Å². The molecule has 0 bridgehead atoms. The van der Waals surface area contributed by atoms with Gasteiger partial charge in [-0.1, -0.05) is 54.6 Å². The number of carbonyl (C=O) groups excluding carboxylic acids is 2. The highest BCUT2D eigenvalue weighted by atomic mass is 16.1. The van der Waals surface area contributed by atoms with Crippen LogP contribution in [-0.2, 0) is 0 Å². The fourth-order valence-electron chi connectivity index (χ4n) is 3.83. The third kappa shape index (κ3) is 2.10. The minimum absolute atomic E-state index is 0.217. The van der Waals surface area contributed by atoms with Gasteiger partial charge in [0.25, 0.3) is 5.56 Å². The molecule has 1 aliphatic rings. The Bertz CT molecular complexity index is 1370. The molecule has 0 unspecified atom stereocenters. The molecule has 0 atom stereocenters. The lowest BCUT2D eigenvalue weighted by Crippen LogP contribution is -2.30. The minimum atomic E-state index is -0.418. The van der Waals surface area contributed by atoms with E-state index in [9.17, 15) is 14.4 Å². The van der Waals surface area contributed by atoms with Crippen LogP contribution in [0.25, 0.3) is 22.0 Å². The number of benzene rings is 3. The summed E-state index contributed by atoms with van der Waals surface area (Å²) in [7, 11) is 0. The van der Waals surface area contributed by atoms with Gasteiger partial charge in [-0.2, -0.15) is 0 Å². The average molecular weight is 366 g/mol. The lowest BCUT2D eigenvalue weighted by molar-refractivity contribution is 0.0980. The predicted octanol–water partition coefficient (Wildman–Crippen LogP) is 3.16. The van der Waals surface area contributed by atoms with Crippen molar-refractivity contribution in [2.24, 2.45) is 0 Å². The summed E-state index contributed by atoms with van der Waals surface area (Å²) >= 11 is 0. The van der Waals surface area contributed by atoms with Crippen molar-refractivity contribution in [3.05, 3.63) is 105 Å². The molecule has 5 heteroatoms. The zero-order valence-corrected chi connectivity index (χ0v) is 14.7. The molecule has 1 aliphatic carbocycles. The SMILES string of the molecule is Nn1c(-c2ccccc2)cc2c3c(ccc2c1=O)C(=O)c1ccccc1C3=O. The highest BCUT2D eigenvalue weighted by Crippen LogP contribution is 2.33. The van der Waals surface area contributed by atoms with Crippen molar-refractivity contribution in [1.82, 2.24) is 4.68 Å². The summed E-state index contributed by atoms with van der Waals surface area (Å²) in [6, 6.07) is 20.8. The van der Waals surface area contributed by atoms with Gasteiger partial charge >= 0.3 is 0 Å². The number of nitrogens with zero attached hydrogens (tertiary/aromatic N) is 1. The normalized spacial score (nSPS) is 12.7. The standard InChI is InChI=1S/C23H14N2O3/c24-25-19(13-6-2-1-3-7-13)12-18-16(23(25)28)10-11-17-20(18)22(27)15-9-5-4-8-14(15)21(17)26/h1-12H,24H2. The molecule has 0 amide bonds. The van der Waals surface area contributed by atoms with Gasteiger partial charge in [-0.05, 0) is 18.2 Å². The van der Waals surface area contributed by atoms with Crippen molar-refractivity contribution in [3.63, 3.8) is 0 Å². The second-order valence-electron chi connectivity index (χ2n) is 6.72. The van der Waals surface area contributed by atoms with Crippen LogP contribution >= 0.6 is 0 Å². The smallest absolute Gasteiger partial charge is 0.277 e. The lowest BCUT2D eigenvalue weighted by Gasteiger charge is -2.20. The van der Waals surface area contributed by atoms with Gasteiger partial charge in [0.15, 0.2) is 11.6 Å². The molecule has 0 saturated carbocycles. The zero-order valence-electron chi connectivity index (χ0n) is 14.7. The molecule has 5 nitrogen and oxygen atoms in total. The number of pyridine rings is 1. The molecule has 1 heterocycles. The third-order valence-corrected chi connectivity index (χ3v) is 5.19. The van der Waals surface area contributed by atoms with Gasteiger partial charge in [-0.3, -0.25) is 14.4 Å². The summed E-state index contributed by atoms with van der Waals surface area (Å²) in [6.45, 7) is 0. The van der Waals surface area contributed by atoms with Crippen molar-refractivity contribution in [1.29, 1.82) is 0 Å². The van der Waals surface area contributed by atoms with Gasteiger partial charge in [-0.25, -0.2) is 4.68 Å². The molecule has 5 rings (SSSR count). The van der Waals surface area contributed by atoms with Crippen LogP contribution in [0.2, 0.25) is 0 Å². The molecule has 0 saturated heterocycles. The van der Waals surface area contributed by atoms with E-state index in [1.165, 1.54) is 6.07 Å². The summed E-state index contributed by atoms with van der Waals surface area (Å²) in [5.74, 6) is 5.57. The molecular weight excluding hydrogens is 352 g/mol. The number of ketones is 2. The summed E-state index contributed by atoms with van der Waals surface area (Å²) in [5, 5.41) is 0.748. The maximum atomic E-state index is 13.2.